The van der Waals surface area contributed by atoms with Gasteiger partial charge in [0.1, 0.15) is 0 Å². The Kier molecular flexibility index (Phi) is 5.45. The highest BCUT2D eigenvalue weighted by Crippen LogP contribution is 2.23. The molecule has 1 aromatic heterocycles. The molecule has 25 heavy (non-hydrogen) atoms. The Morgan fingerprint density at radius 3 is 2.64 bits per heavy atom. The maximum absolute atomic E-state index is 12.4. The fraction of sp³-hybridized carbons (Fsp3) is 0.333. The highest BCUT2D eigenvalue weighted by Gasteiger charge is 2.18. The van der Waals surface area contributed by atoms with Gasteiger partial charge in [-0.05, 0) is 61.1 Å². The van der Waals surface area contributed by atoms with E-state index in [9.17, 15) is 13.2 Å². The molecule has 1 amide bonds. The van der Waals surface area contributed by atoms with E-state index in [2.05, 4.69) is 15.0 Å². The summed E-state index contributed by atoms with van der Waals surface area (Å²) in [4.78, 5) is 16.2. The average molecular weight is 359 g/mol. The predicted molar refractivity (Wildman–Crippen MR) is 94.4 cm³/mol. The Labute approximate surface area is 147 Å². The van der Waals surface area contributed by atoms with Crippen molar-refractivity contribution in [2.45, 2.75) is 37.1 Å². The second-order valence-corrected chi connectivity index (χ2v) is 7.83. The molecule has 0 fully saturated rings. The van der Waals surface area contributed by atoms with Crippen molar-refractivity contribution < 1.29 is 13.2 Å². The molecule has 2 N–H and O–H groups in total. The number of aryl methyl sites for hydroxylation is 2. The summed E-state index contributed by atoms with van der Waals surface area (Å²) < 4.78 is 27.1. The molecule has 2 aromatic rings. The molecule has 0 saturated heterocycles. The molecular weight excluding hydrogens is 338 g/mol. The first-order valence-corrected chi connectivity index (χ1v) is 9.81. The van der Waals surface area contributed by atoms with E-state index in [1.54, 1.807) is 30.5 Å². The summed E-state index contributed by atoms with van der Waals surface area (Å²) in [6.07, 6.45) is 5.77. The van der Waals surface area contributed by atoms with Crippen LogP contribution in [0.2, 0.25) is 0 Å². The molecule has 0 atom stereocenters. The molecule has 0 unspecified atom stereocenters. The number of benzene rings is 1. The Bertz CT molecular complexity index is 851. The fourth-order valence-electron chi connectivity index (χ4n) is 2.88. The maximum Gasteiger partial charge on any atom is 0.241 e. The Balaban J connectivity index is 1.57. The quantitative estimate of drug-likeness (QED) is 0.819. The standard InChI is InChI=1S/C18H21N3O3S/c22-18(20-12-16-7-3-4-10-19-16)13-21-25(23,24)17-9-8-14-5-1-2-6-15(14)11-17/h3-4,7-11,21H,1-2,5-6,12-13H2,(H,20,22). The van der Waals surface area contributed by atoms with Gasteiger partial charge in [0.25, 0.3) is 0 Å². The number of fused-ring (bicyclic) bond motifs is 1. The van der Waals surface area contributed by atoms with Crippen molar-refractivity contribution in [3.05, 3.63) is 59.4 Å². The molecule has 1 aliphatic carbocycles. The van der Waals surface area contributed by atoms with E-state index in [0.29, 0.717) is 5.69 Å². The SMILES string of the molecule is O=C(CNS(=O)(=O)c1ccc2c(c1)CCCC2)NCc1ccccn1. The Morgan fingerprint density at radius 2 is 1.88 bits per heavy atom. The van der Waals surface area contributed by atoms with E-state index < -0.39 is 15.9 Å². The Morgan fingerprint density at radius 1 is 1.08 bits per heavy atom. The van der Waals surface area contributed by atoms with Gasteiger partial charge in [0, 0.05) is 6.20 Å². The van der Waals surface area contributed by atoms with Gasteiger partial charge in [-0.25, -0.2) is 13.1 Å². The van der Waals surface area contributed by atoms with Crippen molar-refractivity contribution in [2.24, 2.45) is 0 Å². The number of rotatable bonds is 6. The maximum atomic E-state index is 12.4. The third-order valence-electron chi connectivity index (χ3n) is 4.25. The van der Waals surface area contributed by atoms with Crippen LogP contribution in [0.3, 0.4) is 0 Å². The molecule has 132 valence electrons. The highest BCUT2D eigenvalue weighted by molar-refractivity contribution is 7.89. The zero-order chi connectivity index (χ0) is 17.7. The van der Waals surface area contributed by atoms with Crippen LogP contribution in [0.5, 0.6) is 0 Å². The van der Waals surface area contributed by atoms with E-state index in [1.165, 1.54) is 5.56 Å². The van der Waals surface area contributed by atoms with Crippen molar-refractivity contribution in [1.82, 2.24) is 15.0 Å². The monoisotopic (exact) mass is 359 g/mol. The van der Waals surface area contributed by atoms with Crippen LogP contribution in [0, 0.1) is 0 Å². The zero-order valence-corrected chi connectivity index (χ0v) is 14.7. The van der Waals surface area contributed by atoms with Crippen LogP contribution in [0.1, 0.15) is 29.7 Å². The predicted octanol–water partition coefficient (Wildman–Crippen LogP) is 1.56. The number of pyridine rings is 1. The number of hydrogen-bond acceptors (Lipinski definition) is 4. The average Bonchev–Trinajstić information content (AvgIpc) is 2.65. The highest BCUT2D eigenvalue weighted by atomic mass is 32.2. The van der Waals surface area contributed by atoms with E-state index in [4.69, 9.17) is 0 Å². The number of sulfonamides is 1. The van der Waals surface area contributed by atoms with Crippen LogP contribution < -0.4 is 10.0 Å². The van der Waals surface area contributed by atoms with Gasteiger partial charge in [-0.1, -0.05) is 12.1 Å². The summed E-state index contributed by atoms with van der Waals surface area (Å²) in [5.41, 5.74) is 3.03. The van der Waals surface area contributed by atoms with Crippen molar-refractivity contribution in [2.75, 3.05) is 6.54 Å². The number of carbonyl (C=O) groups excluding carboxylic acids is 1. The van der Waals surface area contributed by atoms with Gasteiger partial charge >= 0.3 is 0 Å². The van der Waals surface area contributed by atoms with Crippen LogP contribution in [-0.4, -0.2) is 25.9 Å². The number of nitrogens with zero attached hydrogens (tertiary/aromatic N) is 1. The number of nitrogens with one attached hydrogen (secondary N) is 2. The first kappa shape index (κ1) is 17.6. The lowest BCUT2D eigenvalue weighted by Gasteiger charge is -2.16. The third kappa shape index (κ3) is 4.64. The molecule has 0 aliphatic heterocycles. The smallest absolute Gasteiger partial charge is 0.241 e. The molecule has 1 aliphatic rings. The third-order valence-corrected chi connectivity index (χ3v) is 5.64. The molecule has 3 rings (SSSR count). The number of carbonyl (C=O) groups is 1. The number of aromatic nitrogens is 1. The first-order valence-electron chi connectivity index (χ1n) is 8.33. The molecule has 0 radical (unpaired) electrons. The van der Waals surface area contributed by atoms with Gasteiger partial charge in [-0.3, -0.25) is 9.78 Å². The number of amides is 1. The van der Waals surface area contributed by atoms with E-state index in [-0.39, 0.29) is 18.0 Å². The van der Waals surface area contributed by atoms with Crippen LogP contribution in [0.4, 0.5) is 0 Å². The minimum Gasteiger partial charge on any atom is -0.349 e. The molecule has 6 nitrogen and oxygen atoms in total. The van der Waals surface area contributed by atoms with E-state index >= 15 is 0 Å². The molecule has 1 heterocycles. The molecule has 0 bridgehead atoms. The Hall–Kier alpha value is -2.25. The fourth-order valence-corrected chi connectivity index (χ4v) is 3.91. The second-order valence-electron chi connectivity index (χ2n) is 6.06. The first-order chi connectivity index (χ1) is 12.0. The lowest BCUT2D eigenvalue weighted by molar-refractivity contribution is -0.120. The topological polar surface area (TPSA) is 88.2 Å². The largest absolute Gasteiger partial charge is 0.349 e. The molecule has 7 heteroatoms. The minimum atomic E-state index is -3.70. The van der Waals surface area contributed by atoms with Gasteiger partial charge in [0.2, 0.25) is 15.9 Å². The van der Waals surface area contributed by atoms with Crippen molar-refractivity contribution in [1.29, 1.82) is 0 Å². The van der Waals surface area contributed by atoms with Crippen molar-refractivity contribution in [3.8, 4) is 0 Å². The summed E-state index contributed by atoms with van der Waals surface area (Å²) >= 11 is 0. The normalized spacial score (nSPS) is 13.9. The van der Waals surface area contributed by atoms with E-state index in [1.807, 2.05) is 12.1 Å². The van der Waals surface area contributed by atoms with Gasteiger partial charge < -0.3 is 5.32 Å². The summed E-state index contributed by atoms with van der Waals surface area (Å²) in [5.74, 6) is -0.396. The zero-order valence-electron chi connectivity index (χ0n) is 13.9. The van der Waals surface area contributed by atoms with Gasteiger partial charge in [-0.2, -0.15) is 0 Å². The van der Waals surface area contributed by atoms with Gasteiger partial charge in [-0.15, -0.1) is 0 Å². The van der Waals surface area contributed by atoms with Crippen LogP contribution in [-0.2, 0) is 34.2 Å². The van der Waals surface area contributed by atoms with Gasteiger partial charge in [0.15, 0.2) is 0 Å². The molecular formula is C18H21N3O3S. The van der Waals surface area contributed by atoms with Crippen LogP contribution >= 0.6 is 0 Å². The second kappa shape index (κ2) is 7.76. The minimum absolute atomic E-state index is 0.214. The molecule has 1 aromatic carbocycles. The van der Waals surface area contributed by atoms with Gasteiger partial charge in [0.05, 0.1) is 23.7 Å². The van der Waals surface area contributed by atoms with E-state index in [0.717, 1.165) is 31.2 Å². The summed E-state index contributed by atoms with van der Waals surface area (Å²) in [7, 11) is -3.70. The summed E-state index contributed by atoms with van der Waals surface area (Å²) in [6.45, 7) is -0.0352. The summed E-state index contributed by atoms with van der Waals surface area (Å²) in [5, 5.41) is 2.64. The van der Waals surface area contributed by atoms with Crippen molar-refractivity contribution in [3.63, 3.8) is 0 Å². The molecule has 0 saturated carbocycles. The lowest BCUT2D eigenvalue weighted by Crippen LogP contribution is -2.36. The van der Waals surface area contributed by atoms with Crippen LogP contribution in [0.25, 0.3) is 0 Å². The number of hydrogen-bond donors (Lipinski definition) is 2. The lowest BCUT2D eigenvalue weighted by atomic mass is 9.92. The summed E-state index contributed by atoms with van der Waals surface area (Å²) in [6, 6.07) is 10.6. The van der Waals surface area contributed by atoms with Crippen molar-refractivity contribution >= 4 is 15.9 Å². The molecule has 0 spiro atoms. The van der Waals surface area contributed by atoms with Crippen LogP contribution in [0.15, 0.2) is 47.5 Å².